The molecule has 2 aromatic rings. The van der Waals surface area contributed by atoms with Gasteiger partial charge in [0.1, 0.15) is 13.1 Å². The number of hydrogen-bond acceptors (Lipinski definition) is 4. The van der Waals surface area contributed by atoms with Crippen LogP contribution >= 0.6 is 23.6 Å². The molecule has 0 atom stereocenters. The summed E-state index contributed by atoms with van der Waals surface area (Å²) in [5.74, 6) is 1.02. The van der Waals surface area contributed by atoms with Crippen molar-refractivity contribution in [3.63, 3.8) is 0 Å². The number of nitrogens with zero attached hydrogens (tertiary/aromatic N) is 2. The quantitative estimate of drug-likeness (QED) is 0.592. The number of aromatic amines is 1. The highest BCUT2D eigenvalue weighted by atomic mass is 32.1. The average Bonchev–Trinajstić information content (AvgIpc) is 2.92. The summed E-state index contributed by atoms with van der Waals surface area (Å²) in [6.07, 6.45) is 4.08. The Bertz CT molecular complexity index is 1070. The molecule has 0 aliphatic carbocycles. The van der Waals surface area contributed by atoms with Crippen LogP contribution in [0.2, 0.25) is 0 Å². The Kier molecular flexibility index (Phi) is 4.37. The van der Waals surface area contributed by atoms with Gasteiger partial charge >= 0.3 is 5.84 Å². The smallest absolute Gasteiger partial charge is 0.326 e. The van der Waals surface area contributed by atoms with E-state index in [-0.39, 0.29) is 5.88 Å². The van der Waals surface area contributed by atoms with E-state index in [4.69, 9.17) is 21.9 Å². The molecule has 1 saturated heterocycles. The van der Waals surface area contributed by atoms with Crippen LogP contribution in [0.15, 0.2) is 28.8 Å². The lowest BCUT2D eigenvalue weighted by molar-refractivity contribution is -0.549. The number of thiazole rings is 1. The number of aromatic hydroxyl groups is 1. The second-order valence-corrected chi connectivity index (χ2v) is 7.79. The molecule has 7 heteroatoms. The molecule has 1 aromatic heterocycles. The molecule has 0 radical (unpaired) electrons. The van der Waals surface area contributed by atoms with Crippen LogP contribution in [0.3, 0.4) is 0 Å². The predicted molar refractivity (Wildman–Crippen MR) is 101 cm³/mol. The van der Waals surface area contributed by atoms with Crippen LogP contribution < -0.4 is 10.6 Å². The number of benzene rings is 1. The Morgan fingerprint density at radius 1 is 1.36 bits per heavy atom. The molecule has 1 fully saturated rings. The monoisotopic (exact) mass is 372 g/mol. The normalized spacial score (nSPS) is 18.7. The van der Waals surface area contributed by atoms with Gasteiger partial charge in [-0.2, -0.15) is 0 Å². The van der Waals surface area contributed by atoms with Crippen LogP contribution in [0.4, 0.5) is 0 Å². The summed E-state index contributed by atoms with van der Waals surface area (Å²) in [6.45, 7) is 5.07. The van der Waals surface area contributed by atoms with E-state index >= 15 is 0 Å². The first-order valence-corrected chi connectivity index (χ1v) is 9.33. The predicted octanol–water partition coefficient (Wildman–Crippen LogP) is 1.76. The molecule has 4 rings (SSSR count). The van der Waals surface area contributed by atoms with Gasteiger partial charge in [0.05, 0.1) is 23.7 Å². The van der Waals surface area contributed by atoms with E-state index in [0.29, 0.717) is 22.0 Å². The third kappa shape index (κ3) is 3.35. The second-order valence-electron chi connectivity index (χ2n) is 6.07. The van der Waals surface area contributed by atoms with Crippen molar-refractivity contribution < 1.29 is 14.4 Å². The number of hydrogen-bond donors (Lipinski definition) is 2. The number of fused-ring (bicyclic) bond motifs is 1. The first-order valence-electron chi connectivity index (χ1n) is 8.11. The Morgan fingerprint density at radius 2 is 2.16 bits per heavy atom. The van der Waals surface area contributed by atoms with Crippen molar-refractivity contribution in [3.05, 3.63) is 48.7 Å². The van der Waals surface area contributed by atoms with E-state index in [2.05, 4.69) is 40.8 Å². The average molecular weight is 372 g/mol. The molecule has 128 valence electrons. The Hall–Kier alpha value is -2.09. The molecule has 0 bridgehead atoms. The second kappa shape index (κ2) is 6.67. The largest absolute Gasteiger partial charge is 0.494 e. The van der Waals surface area contributed by atoms with E-state index in [1.54, 1.807) is 0 Å². The molecule has 2 aliphatic heterocycles. The summed E-state index contributed by atoms with van der Waals surface area (Å²) >= 11 is 6.48. The summed E-state index contributed by atoms with van der Waals surface area (Å²) in [5.41, 5.74) is 2.17. The number of aromatic nitrogens is 1. The highest BCUT2D eigenvalue weighted by molar-refractivity contribution is 7.73. The Labute approximate surface area is 154 Å². The van der Waals surface area contributed by atoms with Crippen molar-refractivity contribution in [1.82, 2.24) is 4.98 Å². The van der Waals surface area contributed by atoms with Gasteiger partial charge in [0, 0.05) is 5.22 Å². The van der Waals surface area contributed by atoms with Crippen LogP contribution in [0.25, 0.3) is 12.2 Å². The minimum Gasteiger partial charge on any atom is -0.494 e. The minimum absolute atomic E-state index is 0.104. The van der Waals surface area contributed by atoms with E-state index in [1.165, 1.54) is 16.9 Å². The topological polar surface area (TPSA) is 60.6 Å². The summed E-state index contributed by atoms with van der Waals surface area (Å²) in [4.78, 5) is 8.39. The third-order valence-electron chi connectivity index (χ3n) is 4.23. The summed E-state index contributed by atoms with van der Waals surface area (Å²) < 4.78 is 8.26. The van der Waals surface area contributed by atoms with Gasteiger partial charge in [0.15, 0.2) is 9.31 Å². The lowest BCUT2D eigenvalue weighted by atomic mass is 10.1. The number of nitrogens with one attached hydrogen (secondary N) is 1. The molecule has 0 unspecified atom stereocenters. The summed E-state index contributed by atoms with van der Waals surface area (Å²) in [6, 6.07) is 6.25. The lowest BCUT2D eigenvalue weighted by Crippen LogP contribution is -2.38. The van der Waals surface area contributed by atoms with Crippen molar-refractivity contribution in [2.45, 2.75) is 6.92 Å². The number of rotatable bonds is 1. The van der Waals surface area contributed by atoms with Crippen LogP contribution in [0.1, 0.15) is 10.4 Å². The number of H-pyrrole nitrogens is 1. The molecule has 1 aromatic carbocycles. The zero-order valence-electron chi connectivity index (χ0n) is 13.8. The van der Waals surface area contributed by atoms with Crippen molar-refractivity contribution in [2.24, 2.45) is 4.99 Å². The highest BCUT2D eigenvalue weighted by Gasteiger charge is 2.24. The molecule has 0 spiro atoms. The third-order valence-corrected chi connectivity index (χ3v) is 5.40. The van der Waals surface area contributed by atoms with Crippen LogP contribution in [-0.4, -0.2) is 46.8 Å². The van der Waals surface area contributed by atoms with Crippen LogP contribution in [-0.2, 0) is 4.74 Å². The fourth-order valence-corrected chi connectivity index (χ4v) is 4.05. The van der Waals surface area contributed by atoms with Crippen molar-refractivity contribution >= 4 is 41.5 Å². The lowest BCUT2D eigenvalue weighted by Gasteiger charge is -2.16. The fraction of sp³-hybridized carbons (Fsp3) is 0.278. The van der Waals surface area contributed by atoms with Crippen molar-refractivity contribution in [2.75, 3.05) is 26.3 Å². The first-order chi connectivity index (χ1) is 12.1. The number of amidine groups is 1. The van der Waals surface area contributed by atoms with Gasteiger partial charge in [-0.1, -0.05) is 11.6 Å². The molecule has 0 saturated carbocycles. The minimum atomic E-state index is 0.104. The molecule has 5 nitrogen and oxygen atoms in total. The van der Waals surface area contributed by atoms with E-state index < -0.39 is 0 Å². The standard InChI is InChI=1S/C18H17N3O2S2/c1-11-2-3-14-12(8-11)9-13(10-15-17(22)20-18(24)25-15)16(19-14)21-4-6-23-7-5-21/h2-3,8-10H,4-7H2,1H3,(H,20,22,24)/p+1. The van der Waals surface area contributed by atoms with Crippen LogP contribution in [0, 0.1) is 10.9 Å². The molecular formula is C18H18N3O2S2+. The molecule has 0 amide bonds. The van der Waals surface area contributed by atoms with Gasteiger partial charge in [0.2, 0.25) is 5.88 Å². The molecule has 2 N–H and O–H groups in total. The zero-order valence-corrected chi connectivity index (χ0v) is 15.4. The maximum atomic E-state index is 10.1. The van der Waals surface area contributed by atoms with Crippen LogP contribution in [0.5, 0.6) is 5.88 Å². The molecule has 3 heterocycles. The van der Waals surface area contributed by atoms with Gasteiger partial charge in [-0.05, 0) is 48.4 Å². The van der Waals surface area contributed by atoms with E-state index in [9.17, 15) is 5.11 Å². The number of ether oxygens (including phenoxy) is 1. The van der Waals surface area contributed by atoms with Gasteiger partial charge in [-0.3, -0.25) is 4.58 Å². The number of morpholine rings is 1. The van der Waals surface area contributed by atoms with E-state index in [0.717, 1.165) is 35.1 Å². The van der Waals surface area contributed by atoms with Gasteiger partial charge in [0.25, 0.3) is 0 Å². The van der Waals surface area contributed by atoms with E-state index in [1.807, 2.05) is 6.08 Å². The summed E-state index contributed by atoms with van der Waals surface area (Å²) in [5, 5.41) is 12.1. The first kappa shape index (κ1) is 16.4. The van der Waals surface area contributed by atoms with Crippen molar-refractivity contribution in [1.29, 1.82) is 0 Å². The van der Waals surface area contributed by atoms with Gasteiger partial charge < -0.3 is 14.8 Å². The SMILES string of the molecule is Cc1ccc2c(c1)=C/C(=C\c1sc(=S)[nH]c1O)C(=[N+]1CCOCC1)N=2. The molecule has 2 aliphatic rings. The highest BCUT2D eigenvalue weighted by Crippen LogP contribution is 2.25. The molecular weight excluding hydrogens is 354 g/mol. The van der Waals surface area contributed by atoms with Gasteiger partial charge in [-0.25, -0.2) is 0 Å². The Morgan fingerprint density at radius 3 is 2.88 bits per heavy atom. The zero-order chi connectivity index (χ0) is 17.4. The fourth-order valence-electron chi connectivity index (χ4n) is 3.01. The molecule has 25 heavy (non-hydrogen) atoms. The maximum absolute atomic E-state index is 10.1. The Balaban J connectivity index is 1.94. The maximum Gasteiger partial charge on any atom is 0.326 e. The number of aryl methyl sites for hydroxylation is 1. The van der Waals surface area contributed by atoms with Gasteiger partial charge in [-0.15, -0.1) is 11.3 Å². The summed E-state index contributed by atoms with van der Waals surface area (Å²) in [7, 11) is 0. The van der Waals surface area contributed by atoms with Crippen molar-refractivity contribution in [3.8, 4) is 5.88 Å².